The summed E-state index contributed by atoms with van der Waals surface area (Å²) in [6.07, 6.45) is 3.30. The summed E-state index contributed by atoms with van der Waals surface area (Å²) in [5, 5.41) is 12.4. The number of carboxylic acid groups (broad SMARTS) is 1. The Morgan fingerprint density at radius 3 is 2.29 bits per heavy atom. The molecule has 0 aliphatic carbocycles. The van der Waals surface area contributed by atoms with E-state index in [9.17, 15) is 19.5 Å². The zero-order valence-electron chi connectivity index (χ0n) is 22.5. The monoisotopic (exact) mass is 485 g/mol. The van der Waals surface area contributed by atoms with Gasteiger partial charge in [0.25, 0.3) is 0 Å². The van der Waals surface area contributed by atoms with Crippen LogP contribution in [0, 0.1) is 11.3 Å². The Morgan fingerprint density at radius 2 is 1.77 bits per heavy atom. The highest BCUT2D eigenvalue weighted by atomic mass is 16.4. The molecule has 1 aliphatic heterocycles. The van der Waals surface area contributed by atoms with Crippen molar-refractivity contribution in [3.63, 3.8) is 0 Å². The first kappa shape index (κ1) is 28.6. The lowest BCUT2D eigenvalue weighted by Gasteiger charge is -2.40. The molecule has 7 nitrogen and oxygen atoms in total. The van der Waals surface area contributed by atoms with Gasteiger partial charge < -0.3 is 15.3 Å². The molecule has 0 bridgehead atoms. The van der Waals surface area contributed by atoms with E-state index in [0.29, 0.717) is 12.3 Å². The molecule has 1 heterocycles. The number of benzene rings is 1. The second kappa shape index (κ2) is 11.8. The van der Waals surface area contributed by atoms with Crippen molar-refractivity contribution in [2.45, 2.75) is 78.4 Å². The molecule has 2 amide bonds. The maximum Gasteiger partial charge on any atom is 0.331 e. The van der Waals surface area contributed by atoms with Gasteiger partial charge in [0.15, 0.2) is 0 Å². The van der Waals surface area contributed by atoms with Crippen LogP contribution in [0.2, 0.25) is 0 Å². The number of likely N-dealkylation sites (N-methyl/N-ethyl adjacent to an activating group) is 2. The summed E-state index contributed by atoms with van der Waals surface area (Å²) in [6.45, 7) is 12.0. The third kappa shape index (κ3) is 7.40. The van der Waals surface area contributed by atoms with Crippen molar-refractivity contribution in [3.8, 4) is 0 Å². The molecule has 35 heavy (non-hydrogen) atoms. The second-order valence-electron chi connectivity index (χ2n) is 11.3. The summed E-state index contributed by atoms with van der Waals surface area (Å²) in [4.78, 5) is 42.3. The summed E-state index contributed by atoms with van der Waals surface area (Å²) in [5.74, 6) is -1.08. The van der Waals surface area contributed by atoms with Gasteiger partial charge in [-0.3, -0.25) is 14.5 Å². The number of rotatable bonds is 8. The van der Waals surface area contributed by atoms with Crippen LogP contribution in [0.15, 0.2) is 42.0 Å². The Labute approximate surface area is 210 Å². The fraction of sp³-hybridized carbons (Fsp3) is 0.607. The van der Waals surface area contributed by atoms with Gasteiger partial charge in [0.1, 0.15) is 6.04 Å². The van der Waals surface area contributed by atoms with Crippen LogP contribution < -0.4 is 5.32 Å². The van der Waals surface area contributed by atoms with Crippen LogP contribution >= 0.6 is 0 Å². The number of aliphatic carboxylic acids is 1. The average molecular weight is 486 g/mol. The van der Waals surface area contributed by atoms with Gasteiger partial charge in [0, 0.05) is 12.6 Å². The minimum atomic E-state index is -1.01. The highest BCUT2D eigenvalue weighted by molar-refractivity contribution is 5.91. The Bertz CT molecular complexity index is 920. The van der Waals surface area contributed by atoms with Crippen LogP contribution in [0.5, 0.6) is 0 Å². The van der Waals surface area contributed by atoms with Gasteiger partial charge in [-0.15, -0.1) is 0 Å². The van der Waals surface area contributed by atoms with Crippen LogP contribution in [0.1, 0.15) is 65.9 Å². The number of carboxylic acids is 1. The maximum atomic E-state index is 13.7. The minimum absolute atomic E-state index is 0.00526. The fourth-order valence-electron chi connectivity index (χ4n) is 4.73. The Morgan fingerprint density at radius 1 is 1.17 bits per heavy atom. The minimum Gasteiger partial charge on any atom is -0.478 e. The number of likely N-dealkylation sites (tertiary alicyclic amines) is 1. The predicted octanol–water partition coefficient (Wildman–Crippen LogP) is 3.91. The summed E-state index contributed by atoms with van der Waals surface area (Å²) in [5.41, 5.74) is 0.901. The summed E-state index contributed by atoms with van der Waals surface area (Å²) in [6, 6.07) is 8.80. The lowest BCUT2D eigenvalue weighted by atomic mass is 9.83. The number of amides is 2. The van der Waals surface area contributed by atoms with E-state index in [1.807, 2.05) is 59.9 Å². The van der Waals surface area contributed by atoms with Crippen LogP contribution in [0.25, 0.3) is 0 Å². The number of carbonyl (C=O) groups is 3. The fourth-order valence-corrected chi connectivity index (χ4v) is 4.73. The van der Waals surface area contributed by atoms with Crippen LogP contribution in [-0.2, 0) is 14.4 Å². The normalized spacial score (nSPS) is 21.3. The third-order valence-corrected chi connectivity index (χ3v) is 7.08. The molecular weight excluding hydrogens is 442 g/mol. The smallest absolute Gasteiger partial charge is 0.331 e. The molecule has 0 spiro atoms. The zero-order valence-corrected chi connectivity index (χ0v) is 22.5. The molecule has 1 aromatic rings. The van der Waals surface area contributed by atoms with Gasteiger partial charge in [-0.2, -0.15) is 0 Å². The van der Waals surface area contributed by atoms with E-state index >= 15 is 0 Å². The van der Waals surface area contributed by atoms with Crippen LogP contribution in [0.3, 0.4) is 0 Å². The maximum absolute atomic E-state index is 13.7. The summed E-state index contributed by atoms with van der Waals surface area (Å²) in [7, 11) is 3.64. The van der Waals surface area contributed by atoms with Crippen molar-refractivity contribution >= 4 is 17.8 Å². The molecule has 1 unspecified atom stereocenters. The number of hydrogen-bond donors (Lipinski definition) is 2. The van der Waals surface area contributed by atoms with Crippen LogP contribution in [0.4, 0.5) is 0 Å². The van der Waals surface area contributed by atoms with Gasteiger partial charge in [0.05, 0.1) is 12.1 Å². The lowest BCUT2D eigenvalue weighted by molar-refractivity contribution is -0.141. The number of carbonyl (C=O) groups excluding carboxylic acids is 2. The SMILES string of the molecule is C/C(=C\[C@H](C(C)C)N(C)C(=O)[C@@H](NC(=O)C1C[C@@H](c2ccccc2)CCN1C)C(C)(C)C)C(=O)O. The van der Waals surface area contributed by atoms with Crippen molar-refractivity contribution in [1.29, 1.82) is 0 Å². The Hall–Kier alpha value is -2.67. The third-order valence-electron chi connectivity index (χ3n) is 7.08. The molecule has 0 radical (unpaired) electrons. The first-order valence-electron chi connectivity index (χ1n) is 12.5. The molecule has 194 valence electrons. The standard InChI is InChI=1S/C28H43N3O4/c1-18(2)22(16-19(3)27(34)35)31(8)26(33)24(28(4,5)6)29-25(32)23-17-21(14-15-30(23)7)20-12-10-9-11-13-20/h9-13,16,18,21-24H,14-15,17H2,1-8H3,(H,29,32)(H,34,35)/b19-16+/t21-,22+,23?,24+/m0/s1. The number of piperidine rings is 1. The molecule has 2 rings (SSSR count). The molecule has 0 saturated carbocycles. The highest BCUT2D eigenvalue weighted by Crippen LogP contribution is 2.31. The Kier molecular flexibility index (Phi) is 9.67. The van der Waals surface area contributed by atoms with E-state index in [2.05, 4.69) is 22.3 Å². The summed E-state index contributed by atoms with van der Waals surface area (Å²) < 4.78 is 0. The first-order chi connectivity index (χ1) is 16.2. The van der Waals surface area contributed by atoms with Gasteiger partial charge in [0.2, 0.25) is 11.8 Å². The number of nitrogens with one attached hydrogen (secondary N) is 1. The molecule has 2 N–H and O–H groups in total. The summed E-state index contributed by atoms with van der Waals surface area (Å²) >= 11 is 0. The van der Waals surface area contributed by atoms with Crippen molar-refractivity contribution in [2.24, 2.45) is 11.3 Å². The van der Waals surface area contributed by atoms with E-state index in [-0.39, 0.29) is 29.3 Å². The van der Waals surface area contributed by atoms with Crippen molar-refractivity contribution < 1.29 is 19.5 Å². The molecule has 4 atom stereocenters. The van der Waals surface area contributed by atoms with Gasteiger partial charge in [-0.25, -0.2) is 4.79 Å². The predicted molar refractivity (Wildman–Crippen MR) is 139 cm³/mol. The van der Waals surface area contributed by atoms with E-state index in [4.69, 9.17) is 0 Å². The average Bonchev–Trinajstić information content (AvgIpc) is 2.79. The van der Waals surface area contributed by atoms with Crippen molar-refractivity contribution in [2.75, 3.05) is 20.6 Å². The molecule has 7 heteroatoms. The topological polar surface area (TPSA) is 90.0 Å². The van der Waals surface area contributed by atoms with Crippen molar-refractivity contribution in [1.82, 2.24) is 15.1 Å². The number of hydrogen-bond acceptors (Lipinski definition) is 4. The molecule has 1 aliphatic rings. The second-order valence-corrected chi connectivity index (χ2v) is 11.3. The lowest BCUT2D eigenvalue weighted by Crippen LogP contribution is -2.60. The molecular formula is C28H43N3O4. The van der Waals surface area contributed by atoms with E-state index < -0.39 is 23.5 Å². The zero-order chi connectivity index (χ0) is 26.5. The van der Waals surface area contributed by atoms with Gasteiger partial charge in [-0.05, 0) is 56.2 Å². The molecule has 0 aromatic heterocycles. The first-order valence-corrected chi connectivity index (χ1v) is 12.5. The van der Waals surface area contributed by atoms with Crippen LogP contribution in [-0.4, -0.2) is 71.5 Å². The van der Waals surface area contributed by atoms with E-state index in [1.54, 1.807) is 18.0 Å². The molecule has 1 saturated heterocycles. The largest absolute Gasteiger partial charge is 0.478 e. The quantitative estimate of drug-likeness (QED) is 0.545. The van der Waals surface area contributed by atoms with E-state index in [0.717, 1.165) is 13.0 Å². The Balaban J connectivity index is 2.25. The molecule has 1 fully saturated rings. The highest BCUT2D eigenvalue weighted by Gasteiger charge is 2.40. The number of nitrogens with zero attached hydrogens (tertiary/aromatic N) is 2. The molecule has 1 aromatic carbocycles. The van der Waals surface area contributed by atoms with Gasteiger partial charge >= 0.3 is 5.97 Å². The van der Waals surface area contributed by atoms with Gasteiger partial charge in [-0.1, -0.05) is 71.0 Å². The van der Waals surface area contributed by atoms with E-state index in [1.165, 1.54) is 12.5 Å². The van der Waals surface area contributed by atoms with Crippen molar-refractivity contribution in [3.05, 3.63) is 47.5 Å².